The van der Waals surface area contributed by atoms with Crippen molar-refractivity contribution in [1.82, 2.24) is 4.57 Å². The van der Waals surface area contributed by atoms with E-state index >= 15 is 0 Å². The number of hydrogen-bond donors (Lipinski definition) is 1. The molecule has 134 valence electrons. The maximum Gasteiger partial charge on any atom is 0.263 e. The van der Waals surface area contributed by atoms with Crippen molar-refractivity contribution in [1.29, 1.82) is 0 Å². The van der Waals surface area contributed by atoms with Crippen LogP contribution in [0.1, 0.15) is 63.0 Å². The summed E-state index contributed by atoms with van der Waals surface area (Å²) in [4.78, 5) is 17.6. The molecule has 4 heteroatoms. The van der Waals surface area contributed by atoms with Crippen LogP contribution in [0, 0.1) is 6.92 Å². The van der Waals surface area contributed by atoms with Crippen molar-refractivity contribution in [3.8, 4) is 5.75 Å². The third-order valence-electron chi connectivity index (χ3n) is 5.15. The van der Waals surface area contributed by atoms with Crippen LogP contribution in [0.5, 0.6) is 5.75 Å². The monoisotopic (exact) mass is 340 g/mol. The number of pyridine rings is 1. The molecule has 0 saturated heterocycles. The molecule has 1 N–H and O–H groups in total. The Morgan fingerprint density at radius 2 is 2.04 bits per heavy atom. The first-order chi connectivity index (χ1) is 12.1. The van der Waals surface area contributed by atoms with Crippen LogP contribution in [0.2, 0.25) is 0 Å². The third-order valence-corrected chi connectivity index (χ3v) is 5.15. The summed E-state index contributed by atoms with van der Waals surface area (Å²) in [5, 5.41) is 11.5. The number of rotatable bonds is 5. The summed E-state index contributed by atoms with van der Waals surface area (Å²) in [7, 11) is 0. The lowest BCUT2D eigenvalue weighted by Crippen LogP contribution is -2.25. The smallest absolute Gasteiger partial charge is 0.263 e. The van der Waals surface area contributed by atoms with E-state index in [1.54, 1.807) is 10.8 Å². The van der Waals surface area contributed by atoms with E-state index < -0.39 is 0 Å². The van der Waals surface area contributed by atoms with Gasteiger partial charge in [0, 0.05) is 24.2 Å². The number of fused-ring (bicyclic) bond motifs is 1. The van der Waals surface area contributed by atoms with E-state index in [0.29, 0.717) is 12.1 Å². The van der Waals surface area contributed by atoms with Gasteiger partial charge in [-0.15, -0.1) is 0 Å². The topological polar surface area (TPSA) is 54.6 Å². The van der Waals surface area contributed by atoms with Crippen LogP contribution in [-0.4, -0.2) is 21.9 Å². The fourth-order valence-corrected chi connectivity index (χ4v) is 3.64. The second-order valence-corrected chi connectivity index (χ2v) is 7.16. The second-order valence-electron chi connectivity index (χ2n) is 7.16. The van der Waals surface area contributed by atoms with Crippen LogP contribution in [0.15, 0.2) is 28.0 Å². The SMILES string of the molecule is CCCCn1c(=O)c(C=NC2CCCCC2)c(O)c2cc(C)ccc21. The molecule has 3 rings (SSSR count). The average Bonchev–Trinajstić information content (AvgIpc) is 2.63. The van der Waals surface area contributed by atoms with Crippen LogP contribution in [0.4, 0.5) is 0 Å². The molecule has 1 heterocycles. The molecular formula is C21H28N2O2. The number of nitrogens with zero attached hydrogens (tertiary/aromatic N) is 2. The van der Waals surface area contributed by atoms with E-state index in [4.69, 9.17) is 0 Å². The summed E-state index contributed by atoms with van der Waals surface area (Å²) in [6.45, 7) is 4.78. The van der Waals surface area contributed by atoms with Crippen LogP contribution < -0.4 is 5.56 Å². The fraction of sp³-hybridized carbons (Fsp3) is 0.524. The number of aromatic hydroxyl groups is 1. The van der Waals surface area contributed by atoms with Crippen molar-refractivity contribution in [3.63, 3.8) is 0 Å². The zero-order valence-electron chi connectivity index (χ0n) is 15.3. The minimum Gasteiger partial charge on any atom is -0.506 e. The number of benzene rings is 1. The van der Waals surface area contributed by atoms with Gasteiger partial charge in [0.2, 0.25) is 0 Å². The molecule has 1 saturated carbocycles. The summed E-state index contributed by atoms with van der Waals surface area (Å²) < 4.78 is 1.79. The molecule has 0 unspecified atom stereocenters. The first-order valence-electron chi connectivity index (χ1n) is 9.51. The molecule has 1 aromatic heterocycles. The van der Waals surface area contributed by atoms with Gasteiger partial charge in [-0.1, -0.05) is 44.2 Å². The number of hydrogen-bond acceptors (Lipinski definition) is 3. The molecule has 0 aliphatic heterocycles. The molecular weight excluding hydrogens is 312 g/mol. The molecule has 0 spiro atoms. The van der Waals surface area contributed by atoms with E-state index in [0.717, 1.165) is 42.1 Å². The van der Waals surface area contributed by atoms with Gasteiger partial charge in [-0.3, -0.25) is 9.79 Å². The lowest BCUT2D eigenvalue weighted by atomic mass is 9.96. The summed E-state index contributed by atoms with van der Waals surface area (Å²) >= 11 is 0. The Morgan fingerprint density at radius 1 is 1.28 bits per heavy atom. The molecule has 1 aliphatic rings. The van der Waals surface area contributed by atoms with Gasteiger partial charge in [0.05, 0.1) is 5.52 Å². The zero-order valence-corrected chi connectivity index (χ0v) is 15.3. The predicted molar refractivity (Wildman–Crippen MR) is 104 cm³/mol. The highest BCUT2D eigenvalue weighted by Gasteiger charge is 2.16. The molecule has 1 aromatic carbocycles. The van der Waals surface area contributed by atoms with Crippen LogP contribution in [0.3, 0.4) is 0 Å². The fourth-order valence-electron chi connectivity index (χ4n) is 3.64. The summed E-state index contributed by atoms with van der Waals surface area (Å²) in [5.41, 5.74) is 2.07. The van der Waals surface area contributed by atoms with Crippen LogP contribution in [-0.2, 0) is 6.54 Å². The van der Waals surface area contributed by atoms with E-state index in [1.165, 1.54) is 19.3 Å². The van der Waals surface area contributed by atoms with Crippen LogP contribution >= 0.6 is 0 Å². The van der Waals surface area contributed by atoms with Crippen molar-refractivity contribution < 1.29 is 5.11 Å². The minimum atomic E-state index is -0.137. The highest BCUT2D eigenvalue weighted by molar-refractivity contribution is 5.95. The Hall–Kier alpha value is -2.10. The normalized spacial score (nSPS) is 16.1. The predicted octanol–water partition coefficient (Wildman–Crippen LogP) is 4.57. The maximum atomic E-state index is 13.0. The second kappa shape index (κ2) is 7.85. The summed E-state index contributed by atoms with van der Waals surface area (Å²) in [6, 6.07) is 6.15. The molecule has 0 atom stereocenters. The lowest BCUT2D eigenvalue weighted by molar-refractivity contribution is 0.444. The molecule has 1 aliphatic carbocycles. The average molecular weight is 340 g/mol. The number of aryl methyl sites for hydroxylation is 2. The number of unbranched alkanes of at least 4 members (excludes halogenated alkanes) is 1. The van der Waals surface area contributed by atoms with Gasteiger partial charge in [-0.2, -0.15) is 0 Å². The molecule has 4 nitrogen and oxygen atoms in total. The molecule has 25 heavy (non-hydrogen) atoms. The summed E-state index contributed by atoms with van der Waals surface area (Å²) in [6.07, 6.45) is 9.41. The zero-order chi connectivity index (χ0) is 17.8. The van der Waals surface area contributed by atoms with E-state index in [1.807, 2.05) is 25.1 Å². The Kier molecular flexibility index (Phi) is 5.57. The highest BCUT2D eigenvalue weighted by Crippen LogP contribution is 2.27. The van der Waals surface area contributed by atoms with Gasteiger partial charge in [0.1, 0.15) is 11.3 Å². The first-order valence-corrected chi connectivity index (χ1v) is 9.51. The Bertz CT molecular complexity index is 830. The standard InChI is InChI=1S/C21H28N2O2/c1-3-4-12-23-19-11-10-15(2)13-17(19)20(24)18(21(23)25)14-22-16-8-6-5-7-9-16/h10-11,13-14,16,24H,3-9,12H2,1-2H3. The number of aromatic nitrogens is 1. The molecule has 0 amide bonds. The van der Waals surface area contributed by atoms with Crippen molar-refractivity contribution in [2.45, 2.75) is 71.4 Å². The Labute approximate surface area is 149 Å². The van der Waals surface area contributed by atoms with Crippen molar-refractivity contribution >= 4 is 17.1 Å². The minimum absolute atomic E-state index is 0.0657. The van der Waals surface area contributed by atoms with Gasteiger partial charge >= 0.3 is 0 Å². The van der Waals surface area contributed by atoms with E-state index in [2.05, 4.69) is 11.9 Å². The Morgan fingerprint density at radius 3 is 2.76 bits per heavy atom. The van der Waals surface area contributed by atoms with Gasteiger partial charge < -0.3 is 9.67 Å². The quantitative estimate of drug-likeness (QED) is 0.811. The third kappa shape index (κ3) is 3.78. The molecule has 0 bridgehead atoms. The first kappa shape index (κ1) is 17.7. The van der Waals surface area contributed by atoms with Gasteiger partial charge in [0.15, 0.2) is 0 Å². The molecule has 2 aromatic rings. The molecule has 1 fully saturated rings. The summed E-state index contributed by atoms with van der Waals surface area (Å²) in [5.74, 6) is 0.0657. The maximum absolute atomic E-state index is 13.0. The largest absolute Gasteiger partial charge is 0.506 e. The van der Waals surface area contributed by atoms with E-state index in [-0.39, 0.29) is 17.4 Å². The van der Waals surface area contributed by atoms with Gasteiger partial charge in [-0.25, -0.2) is 0 Å². The number of aliphatic imine (C=N–C) groups is 1. The lowest BCUT2D eigenvalue weighted by Gasteiger charge is -2.18. The van der Waals surface area contributed by atoms with Gasteiger partial charge in [0.25, 0.3) is 5.56 Å². The van der Waals surface area contributed by atoms with Crippen LogP contribution in [0.25, 0.3) is 10.9 Å². The van der Waals surface area contributed by atoms with Crippen molar-refractivity contribution in [2.75, 3.05) is 0 Å². The van der Waals surface area contributed by atoms with Crippen molar-refractivity contribution in [3.05, 3.63) is 39.7 Å². The van der Waals surface area contributed by atoms with Crippen molar-refractivity contribution in [2.24, 2.45) is 4.99 Å². The Balaban J connectivity index is 2.10. The van der Waals surface area contributed by atoms with E-state index in [9.17, 15) is 9.90 Å². The van der Waals surface area contributed by atoms with Gasteiger partial charge in [-0.05, 0) is 38.3 Å². The highest BCUT2D eigenvalue weighted by atomic mass is 16.3. The molecule has 0 radical (unpaired) electrons.